The molecule has 0 radical (unpaired) electrons. The predicted octanol–water partition coefficient (Wildman–Crippen LogP) is 3.59. The molecule has 0 bridgehead atoms. The number of carbonyl (C=O) groups is 1. The molecule has 1 atom stereocenters. The molecule has 2 aromatic rings. The van der Waals surface area contributed by atoms with Crippen LogP contribution in [0.15, 0.2) is 42.5 Å². The zero-order valence-corrected chi connectivity index (χ0v) is 15.9. The monoisotopic (exact) mass is 365 g/mol. The summed E-state index contributed by atoms with van der Waals surface area (Å²) >= 11 is 0. The summed E-state index contributed by atoms with van der Waals surface area (Å²) in [5.41, 5.74) is 2.97. The number of hydrogen-bond acceptors (Lipinski definition) is 4. The second-order valence-electron chi connectivity index (χ2n) is 7.32. The van der Waals surface area contributed by atoms with E-state index >= 15 is 0 Å². The lowest BCUT2D eigenvalue weighted by atomic mass is 9.93. The fourth-order valence-corrected chi connectivity index (χ4v) is 4.12. The van der Waals surface area contributed by atoms with Crippen molar-refractivity contribution < 1.29 is 9.53 Å². The molecule has 2 fully saturated rings. The van der Waals surface area contributed by atoms with E-state index in [1.807, 2.05) is 35.2 Å². The van der Waals surface area contributed by atoms with Gasteiger partial charge < -0.3 is 14.5 Å². The van der Waals surface area contributed by atoms with Crippen LogP contribution in [0.25, 0.3) is 0 Å². The Kier molecular flexibility index (Phi) is 5.39. The molecule has 2 aliphatic heterocycles. The number of pyridine rings is 1. The van der Waals surface area contributed by atoms with E-state index in [1.165, 1.54) is 5.56 Å². The number of benzene rings is 1. The third-order valence-corrected chi connectivity index (χ3v) is 5.59. The van der Waals surface area contributed by atoms with Gasteiger partial charge >= 0.3 is 0 Å². The average Bonchev–Trinajstić information content (AvgIpc) is 2.74. The van der Waals surface area contributed by atoms with Gasteiger partial charge in [-0.25, -0.2) is 4.98 Å². The Hall–Kier alpha value is -2.40. The van der Waals surface area contributed by atoms with Gasteiger partial charge in [0.1, 0.15) is 5.82 Å². The van der Waals surface area contributed by atoms with Crippen molar-refractivity contribution in [2.45, 2.75) is 32.2 Å². The largest absolute Gasteiger partial charge is 0.378 e. The number of carbonyl (C=O) groups excluding carboxylic acids is 1. The Labute approximate surface area is 161 Å². The topological polar surface area (TPSA) is 45.7 Å². The zero-order chi connectivity index (χ0) is 18.6. The molecule has 142 valence electrons. The van der Waals surface area contributed by atoms with Crippen LogP contribution in [0, 0.1) is 6.92 Å². The minimum absolute atomic E-state index is 0.109. The van der Waals surface area contributed by atoms with Crippen molar-refractivity contribution in [1.82, 2.24) is 9.88 Å². The highest BCUT2D eigenvalue weighted by molar-refractivity contribution is 5.94. The Balaban J connectivity index is 1.59. The highest BCUT2D eigenvalue weighted by Crippen LogP contribution is 2.34. The molecule has 0 spiro atoms. The van der Waals surface area contributed by atoms with Gasteiger partial charge in [0.15, 0.2) is 0 Å². The van der Waals surface area contributed by atoms with Crippen molar-refractivity contribution in [3.8, 4) is 0 Å². The second kappa shape index (κ2) is 8.09. The maximum atomic E-state index is 13.1. The fourth-order valence-electron chi connectivity index (χ4n) is 4.12. The van der Waals surface area contributed by atoms with Crippen molar-refractivity contribution in [1.29, 1.82) is 0 Å². The third kappa shape index (κ3) is 3.83. The molecule has 1 aromatic carbocycles. The normalized spacial score (nSPS) is 20.6. The van der Waals surface area contributed by atoms with Crippen LogP contribution in [0.5, 0.6) is 0 Å². The molecular formula is C22H27N3O2. The minimum atomic E-state index is 0.109. The number of amides is 1. The van der Waals surface area contributed by atoms with Gasteiger partial charge in [0, 0.05) is 30.9 Å². The quantitative estimate of drug-likeness (QED) is 0.834. The maximum absolute atomic E-state index is 13.1. The number of rotatable bonds is 3. The first-order valence-corrected chi connectivity index (χ1v) is 9.90. The molecule has 2 saturated heterocycles. The predicted molar refractivity (Wildman–Crippen MR) is 106 cm³/mol. The van der Waals surface area contributed by atoms with Gasteiger partial charge in [-0.3, -0.25) is 4.79 Å². The van der Waals surface area contributed by atoms with E-state index in [9.17, 15) is 4.79 Å². The van der Waals surface area contributed by atoms with E-state index in [1.54, 1.807) is 0 Å². The lowest BCUT2D eigenvalue weighted by molar-refractivity contribution is 0.0610. The molecule has 4 rings (SSSR count). The molecule has 0 N–H and O–H groups in total. The standard InChI is InChI=1S/C22H27N3O2/c1-17-19(10-11-21(23-17)24-13-15-27-16-14-24)20-9-5-6-12-25(20)22(26)18-7-3-2-4-8-18/h2-4,7-8,10-11,20H,5-6,9,12-16H2,1H3/t20-/m0/s1. The van der Waals surface area contributed by atoms with Gasteiger partial charge in [-0.05, 0) is 49.9 Å². The summed E-state index contributed by atoms with van der Waals surface area (Å²) in [7, 11) is 0. The summed E-state index contributed by atoms with van der Waals surface area (Å²) in [5, 5.41) is 0. The van der Waals surface area contributed by atoms with Gasteiger partial charge in [0.05, 0.1) is 19.3 Å². The summed E-state index contributed by atoms with van der Waals surface area (Å²) in [4.78, 5) is 22.3. The van der Waals surface area contributed by atoms with E-state index in [4.69, 9.17) is 9.72 Å². The first-order valence-electron chi connectivity index (χ1n) is 9.90. The van der Waals surface area contributed by atoms with Crippen LogP contribution >= 0.6 is 0 Å². The molecule has 3 heterocycles. The number of ether oxygens (including phenoxy) is 1. The highest BCUT2D eigenvalue weighted by atomic mass is 16.5. The lowest BCUT2D eigenvalue weighted by Gasteiger charge is -2.37. The zero-order valence-electron chi connectivity index (χ0n) is 15.9. The molecule has 0 aliphatic carbocycles. The molecule has 5 nitrogen and oxygen atoms in total. The number of aryl methyl sites for hydroxylation is 1. The third-order valence-electron chi connectivity index (χ3n) is 5.59. The van der Waals surface area contributed by atoms with E-state index < -0.39 is 0 Å². The molecular weight excluding hydrogens is 338 g/mol. The van der Waals surface area contributed by atoms with Gasteiger partial charge in [-0.15, -0.1) is 0 Å². The Bertz CT molecular complexity index is 787. The summed E-state index contributed by atoms with van der Waals surface area (Å²) < 4.78 is 5.44. The molecule has 5 heteroatoms. The van der Waals surface area contributed by atoms with Crippen LogP contribution in [0.4, 0.5) is 5.82 Å². The summed E-state index contributed by atoms with van der Waals surface area (Å²) in [6, 6.07) is 14.0. The summed E-state index contributed by atoms with van der Waals surface area (Å²) in [6.07, 6.45) is 3.21. The van der Waals surface area contributed by atoms with Gasteiger partial charge in [0.2, 0.25) is 0 Å². The van der Waals surface area contributed by atoms with Crippen molar-refractivity contribution >= 4 is 11.7 Å². The first-order chi connectivity index (χ1) is 13.2. The van der Waals surface area contributed by atoms with Crippen molar-refractivity contribution in [2.75, 3.05) is 37.7 Å². The van der Waals surface area contributed by atoms with E-state index in [0.29, 0.717) is 0 Å². The van der Waals surface area contributed by atoms with Gasteiger partial charge in [0.25, 0.3) is 5.91 Å². The smallest absolute Gasteiger partial charge is 0.254 e. The van der Waals surface area contributed by atoms with Crippen molar-refractivity contribution in [3.05, 3.63) is 59.3 Å². The second-order valence-corrected chi connectivity index (χ2v) is 7.32. The van der Waals surface area contributed by atoms with Crippen LogP contribution in [-0.4, -0.2) is 48.6 Å². The number of piperidine rings is 1. The highest BCUT2D eigenvalue weighted by Gasteiger charge is 2.30. The summed E-state index contributed by atoms with van der Waals surface area (Å²) in [6.45, 7) is 6.15. The summed E-state index contributed by atoms with van der Waals surface area (Å²) in [5.74, 6) is 1.13. The van der Waals surface area contributed by atoms with E-state index in [0.717, 1.165) is 69.2 Å². The van der Waals surface area contributed by atoms with Crippen LogP contribution in [0.1, 0.15) is 46.9 Å². The Morgan fingerprint density at radius 1 is 1.04 bits per heavy atom. The molecule has 1 aromatic heterocycles. The van der Waals surface area contributed by atoms with Gasteiger partial charge in [-0.1, -0.05) is 24.3 Å². The first kappa shape index (κ1) is 18.0. The number of morpholine rings is 1. The van der Waals surface area contributed by atoms with Crippen LogP contribution in [0.3, 0.4) is 0 Å². The minimum Gasteiger partial charge on any atom is -0.378 e. The number of aromatic nitrogens is 1. The van der Waals surface area contributed by atoms with E-state index in [-0.39, 0.29) is 11.9 Å². The molecule has 0 saturated carbocycles. The number of hydrogen-bond donors (Lipinski definition) is 0. The number of anilines is 1. The van der Waals surface area contributed by atoms with Crippen molar-refractivity contribution in [2.24, 2.45) is 0 Å². The number of likely N-dealkylation sites (tertiary alicyclic amines) is 1. The fraction of sp³-hybridized carbons (Fsp3) is 0.455. The van der Waals surface area contributed by atoms with Gasteiger partial charge in [-0.2, -0.15) is 0 Å². The van der Waals surface area contributed by atoms with E-state index in [2.05, 4.69) is 24.0 Å². The maximum Gasteiger partial charge on any atom is 0.254 e. The Morgan fingerprint density at radius 3 is 2.56 bits per heavy atom. The number of nitrogens with zero attached hydrogens (tertiary/aromatic N) is 3. The lowest BCUT2D eigenvalue weighted by Crippen LogP contribution is -2.39. The molecule has 0 unspecified atom stereocenters. The molecule has 27 heavy (non-hydrogen) atoms. The molecule has 2 aliphatic rings. The Morgan fingerprint density at radius 2 is 1.81 bits per heavy atom. The van der Waals surface area contributed by atoms with Crippen LogP contribution in [0.2, 0.25) is 0 Å². The van der Waals surface area contributed by atoms with Crippen LogP contribution < -0.4 is 4.90 Å². The van der Waals surface area contributed by atoms with Crippen molar-refractivity contribution in [3.63, 3.8) is 0 Å². The van der Waals surface area contributed by atoms with Crippen LogP contribution in [-0.2, 0) is 4.74 Å². The molecule has 1 amide bonds. The SMILES string of the molecule is Cc1nc(N2CCOCC2)ccc1[C@@H]1CCCCN1C(=O)c1ccccc1. The average molecular weight is 365 g/mol.